The molecule has 0 fully saturated rings. The molecule has 0 bridgehead atoms. The molecule has 20 heavy (non-hydrogen) atoms. The first-order valence-electron chi connectivity index (χ1n) is 7.80. The number of benzene rings is 1. The predicted molar refractivity (Wildman–Crippen MR) is 90.8 cm³/mol. The molecule has 114 valence electrons. The van der Waals surface area contributed by atoms with Crippen LogP contribution in [0.3, 0.4) is 0 Å². The van der Waals surface area contributed by atoms with Crippen molar-refractivity contribution in [2.24, 2.45) is 11.7 Å². The fourth-order valence-electron chi connectivity index (χ4n) is 2.36. The van der Waals surface area contributed by atoms with Crippen molar-refractivity contribution in [2.75, 3.05) is 18.0 Å². The van der Waals surface area contributed by atoms with E-state index in [0.29, 0.717) is 5.92 Å². The van der Waals surface area contributed by atoms with Crippen molar-refractivity contribution in [2.45, 2.75) is 53.0 Å². The monoisotopic (exact) mass is 296 g/mol. The van der Waals surface area contributed by atoms with Gasteiger partial charge in [0.2, 0.25) is 0 Å². The summed E-state index contributed by atoms with van der Waals surface area (Å²) in [5, 5.41) is 0.798. The predicted octanol–water partition coefficient (Wildman–Crippen LogP) is 4.49. The van der Waals surface area contributed by atoms with Gasteiger partial charge in [0.25, 0.3) is 0 Å². The third-order valence-corrected chi connectivity index (χ3v) is 4.23. The van der Waals surface area contributed by atoms with Crippen molar-refractivity contribution < 1.29 is 0 Å². The molecule has 2 atom stereocenters. The maximum atomic E-state index is 6.17. The van der Waals surface area contributed by atoms with E-state index >= 15 is 0 Å². The minimum atomic E-state index is 0.203. The van der Waals surface area contributed by atoms with Gasteiger partial charge in [-0.1, -0.05) is 38.8 Å². The highest BCUT2D eigenvalue weighted by Gasteiger charge is 2.14. The third kappa shape index (κ3) is 4.99. The molecule has 0 saturated heterocycles. The number of nitrogens with two attached hydrogens (primary N) is 1. The number of rotatable bonds is 8. The van der Waals surface area contributed by atoms with E-state index in [9.17, 15) is 0 Å². The van der Waals surface area contributed by atoms with Gasteiger partial charge < -0.3 is 10.6 Å². The van der Waals surface area contributed by atoms with Crippen molar-refractivity contribution in [3.63, 3.8) is 0 Å². The third-order valence-electron chi connectivity index (χ3n) is 4.00. The van der Waals surface area contributed by atoms with Gasteiger partial charge in [-0.2, -0.15) is 0 Å². The zero-order chi connectivity index (χ0) is 15.1. The van der Waals surface area contributed by atoms with Gasteiger partial charge in [-0.15, -0.1) is 0 Å². The highest BCUT2D eigenvalue weighted by atomic mass is 35.5. The van der Waals surface area contributed by atoms with Gasteiger partial charge in [-0.05, 0) is 49.4 Å². The molecule has 2 N–H and O–H groups in total. The summed E-state index contributed by atoms with van der Waals surface area (Å²) in [7, 11) is 0. The summed E-state index contributed by atoms with van der Waals surface area (Å²) in [6.07, 6.45) is 3.08. The number of nitrogens with zero attached hydrogens (tertiary/aromatic N) is 1. The Balaban J connectivity index is 3.01. The topological polar surface area (TPSA) is 29.3 Å². The van der Waals surface area contributed by atoms with Crippen LogP contribution in [0.15, 0.2) is 18.2 Å². The van der Waals surface area contributed by atoms with E-state index in [0.717, 1.165) is 31.0 Å². The van der Waals surface area contributed by atoms with Gasteiger partial charge in [-0.3, -0.25) is 0 Å². The molecule has 0 aromatic heterocycles. The van der Waals surface area contributed by atoms with E-state index in [-0.39, 0.29) is 6.04 Å². The largest absolute Gasteiger partial charge is 0.371 e. The molecule has 0 saturated carbocycles. The normalized spacial score (nSPS) is 14.1. The molecule has 2 unspecified atom stereocenters. The van der Waals surface area contributed by atoms with E-state index in [1.165, 1.54) is 17.7 Å². The second kappa shape index (κ2) is 8.53. The molecule has 3 heteroatoms. The second-order valence-electron chi connectivity index (χ2n) is 5.70. The molecule has 1 aromatic carbocycles. The smallest absolute Gasteiger partial charge is 0.0410 e. The van der Waals surface area contributed by atoms with E-state index in [1.807, 2.05) is 6.07 Å². The number of anilines is 1. The molecular formula is C17H29ClN2. The molecule has 2 nitrogen and oxygen atoms in total. The van der Waals surface area contributed by atoms with Crippen LogP contribution >= 0.6 is 11.6 Å². The Kier molecular flexibility index (Phi) is 7.39. The molecule has 0 aliphatic carbocycles. The molecule has 0 aliphatic heterocycles. The number of hydrogen-bond donors (Lipinski definition) is 1. The lowest BCUT2D eigenvalue weighted by Crippen LogP contribution is -2.30. The maximum Gasteiger partial charge on any atom is 0.0410 e. The lowest BCUT2D eigenvalue weighted by Gasteiger charge is -2.29. The summed E-state index contributed by atoms with van der Waals surface area (Å²) in [5.41, 5.74) is 8.70. The molecule has 0 radical (unpaired) electrons. The summed E-state index contributed by atoms with van der Waals surface area (Å²) in [4.78, 5) is 2.45. The fourth-order valence-corrected chi connectivity index (χ4v) is 2.55. The summed E-state index contributed by atoms with van der Waals surface area (Å²) in [5.74, 6) is 0.693. The van der Waals surface area contributed by atoms with Gasteiger partial charge in [0.1, 0.15) is 0 Å². The van der Waals surface area contributed by atoms with E-state index < -0.39 is 0 Å². The Bertz CT molecular complexity index is 406. The Morgan fingerprint density at radius 1 is 1.20 bits per heavy atom. The van der Waals surface area contributed by atoms with Crippen molar-refractivity contribution in [1.82, 2.24) is 0 Å². The molecule has 0 aliphatic rings. The van der Waals surface area contributed by atoms with Crippen molar-refractivity contribution >= 4 is 17.3 Å². The van der Waals surface area contributed by atoms with Gasteiger partial charge in [-0.25, -0.2) is 0 Å². The molecular weight excluding hydrogens is 268 g/mol. The first kappa shape index (κ1) is 17.3. The molecule has 1 rings (SSSR count). The summed E-state index contributed by atoms with van der Waals surface area (Å²) in [6, 6.07) is 6.41. The van der Waals surface area contributed by atoms with Crippen LogP contribution in [0.1, 0.15) is 46.1 Å². The average molecular weight is 297 g/mol. The summed E-state index contributed by atoms with van der Waals surface area (Å²) >= 11 is 6.17. The lowest BCUT2D eigenvalue weighted by atomic mass is 10.0. The summed E-state index contributed by atoms with van der Waals surface area (Å²) < 4.78 is 0. The van der Waals surface area contributed by atoms with E-state index in [4.69, 9.17) is 17.3 Å². The molecule has 0 amide bonds. The first-order valence-corrected chi connectivity index (χ1v) is 8.18. The van der Waals surface area contributed by atoms with Gasteiger partial charge in [0, 0.05) is 29.8 Å². The van der Waals surface area contributed by atoms with Crippen LogP contribution in [0.2, 0.25) is 5.02 Å². The van der Waals surface area contributed by atoms with Crippen LogP contribution in [0, 0.1) is 5.92 Å². The van der Waals surface area contributed by atoms with Crippen LogP contribution in [0.25, 0.3) is 0 Å². The number of halogens is 1. The van der Waals surface area contributed by atoms with Crippen LogP contribution in [0.4, 0.5) is 5.69 Å². The fraction of sp³-hybridized carbons (Fsp3) is 0.647. The van der Waals surface area contributed by atoms with Crippen LogP contribution < -0.4 is 10.6 Å². The zero-order valence-corrected chi connectivity index (χ0v) is 14.1. The Labute approximate surface area is 129 Å². The van der Waals surface area contributed by atoms with Crippen molar-refractivity contribution in [3.8, 4) is 0 Å². The lowest BCUT2D eigenvalue weighted by molar-refractivity contribution is 0.546. The second-order valence-corrected chi connectivity index (χ2v) is 6.13. The molecule has 1 aromatic rings. The quantitative estimate of drug-likeness (QED) is 0.766. The highest BCUT2D eigenvalue weighted by Crippen LogP contribution is 2.27. The highest BCUT2D eigenvalue weighted by molar-refractivity contribution is 6.30. The SMILES string of the molecule is CCC(C)CN(CC)c1ccc(Cl)cc1CC(N)CC. The van der Waals surface area contributed by atoms with E-state index in [2.05, 4.69) is 44.7 Å². The molecule has 0 spiro atoms. The Hall–Kier alpha value is -0.730. The van der Waals surface area contributed by atoms with Gasteiger partial charge in [0.15, 0.2) is 0 Å². The van der Waals surface area contributed by atoms with Crippen molar-refractivity contribution in [1.29, 1.82) is 0 Å². The Morgan fingerprint density at radius 3 is 2.45 bits per heavy atom. The minimum absolute atomic E-state index is 0.203. The average Bonchev–Trinajstić information content (AvgIpc) is 2.45. The van der Waals surface area contributed by atoms with Crippen LogP contribution in [-0.4, -0.2) is 19.1 Å². The van der Waals surface area contributed by atoms with Crippen LogP contribution in [-0.2, 0) is 6.42 Å². The van der Waals surface area contributed by atoms with Gasteiger partial charge >= 0.3 is 0 Å². The van der Waals surface area contributed by atoms with Crippen LogP contribution in [0.5, 0.6) is 0 Å². The maximum absolute atomic E-state index is 6.17. The van der Waals surface area contributed by atoms with Crippen molar-refractivity contribution in [3.05, 3.63) is 28.8 Å². The standard InChI is InChI=1S/C17H29ClN2/c1-5-13(4)12-20(7-3)17-9-8-15(18)10-14(17)11-16(19)6-2/h8-10,13,16H,5-7,11-12,19H2,1-4H3. The zero-order valence-electron chi connectivity index (χ0n) is 13.3. The molecule has 0 heterocycles. The number of hydrogen-bond acceptors (Lipinski definition) is 2. The Morgan fingerprint density at radius 2 is 1.90 bits per heavy atom. The van der Waals surface area contributed by atoms with E-state index in [1.54, 1.807) is 0 Å². The van der Waals surface area contributed by atoms with Gasteiger partial charge in [0.05, 0.1) is 0 Å². The summed E-state index contributed by atoms with van der Waals surface area (Å²) in [6.45, 7) is 11.0. The minimum Gasteiger partial charge on any atom is -0.371 e. The first-order chi connectivity index (χ1) is 9.51.